The summed E-state index contributed by atoms with van der Waals surface area (Å²) in [5, 5.41) is 4.88. The van der Waals surface area contributed by atoms with Crippen LogP contribution in [0.1, 0.15) is 75.1 Å². The highest BCUT2D eigenvalue weighted by molar-refractivity contribution is 7.83. The smallest absolute Gasteiger partial charge is 0.252 e. The lowest BCUT2D eigenvalue weighted by molar-refractivity contribution is -0.132. The second-order valence-electron chi connectivity index (χ2n) is 9.26. The van der Waals surface area contributed by atoms with Crippen LogP contribution < -0.4 is 10.0 Å². The molecular formula is C26H35N3O3S. The zero-order valence-electron chi connectivity index (χ0n) is 19.5. The number of nitrogens with one attached hydrogen (secondary N) is 2. The van der Waals surface area contributed by atoms with E-state index < -0.39 is 11.0 Å². The molecule has 0 radical (unpaired) electrons. The standard InChI is InChI=1S/C26H35N3O3S/c1-2-8-25(30)29-17-15-20(16-18-29)28-33(32)24-14-13-23(21-11-6-7-12-22(21)24)26(31)27-19-9-4-3-5-10-19/h6-7,11-14,19-20,28H,2-5,8-10,15-18H2,1H3,(H,27,31). The third-order valence-electron chi connectivity index (χ3n) is 6.85. The maximum atomic E-state index is 13.3. The highest BCUT2D eigenvalue weighted by Crippen LogP contribution is 2.26. The molecule has 1 aliphatic heterocycles. The van der Waals surface area contributed by atoms with E-state index in [0.29, 0.717) is 30.0 Å². The van der Waals surface area contributed by atoms with E-state index in [1.165, 1.54) is 19.3 Å². The Morgan fingerprint density at radius 3 is 2.33 bits per heavy atom. The van der Waals surface area contributed by atoms with E-state index in [4.69, 9.17) is 0 Å². The van der Waals surface area contributed by atoms with E-state index in [1.807, 2.05) is 42.2 Å². The van der Waals surface area contributed by atoms with Crippen molar-refractivity contribution >= 4 is 33.6 Å². The first-order valence-corrected chi connectivity index (χ1v) is 13.5. The number of benzene rings is 2. The Labute approximate surface area is 199 Å². The minimum Gasteiger partial charge on any atom is -0.349 e. The van der Waals surface area contributed by atoms with E-state index in [9.17, 15) is 13.8 Å². The van der Waals surface area contributed by atoms with Crippen molar-refractivity contribution in [3.8, 4) is 0 Å². The van der Waals surface area contributed by atoms with Crippen molar-refractivity contribution in [2.75, 3.05) is 13.1 Å². The van der Waals surface area contributed by atoms with Crippen LogP contribution in [-0.2, 0) is 15.8 Å². The van der Waals surface area contributed by atoms with Gasteiger partial charge in [-0.1, -0.05) is 50.5 Å². The third kappa shape index (κ3) is 5.82. The molecule has 2 fully saturated rings. The van der Waals surface area contributed by atoms with Gasteiger partial charge in [0.2, 0.25) is 5.91 Å². The SMILES string of the molecule is CCCC(=O)N1CCC(NS(=O)c2ccc(C(=O)NC3CCCCC3)c3ccccc23)CC1. The summed E-state index contributed by atoms with van der Waals surface area (Å²) in [6, 6.07) is 11.7. The predicted octanol–water partition coefficient (Wildman–Crippen LogP) is 4.31. The van der Waals surface area contributed by atoms with Crippen molar-refractivity contribution in [3.63, 3.8) is 0 Å². The first kappa shape index (κ1) is 23.9. The molecule has 178 valence electrons. The fraction of sp³-hybridized carbons (Fsp3) is 0.538. The molecule has 2 aromatic rings. The topological polar surface area (TPSA) is 78.5 Å². The number of nitrogens with zero attached hydrogens (tertiary/aromatic N) is 1. The van der Waals surface area contributed by atoms with Gasteiger partial charge in [0.1, 0.15) is 11.0 Å². The Morgan fingerprint density at radius 2 is 1.64 bits per heavy atom. The number of hydrogen-bond acceptors (Lipinski definition) is 3. The molecule has 0 spiro atoms. The zero-order chi connectivity index (χ0) is 23.2. The zero-order valence-corrected chi connectivity index (χ0v) is 20.3. The number of carbonyl (C=O) groups is 2. The molecule has 2 aromatic carbocycles. The van der Waals surface area contributed by atoms with E-state index in [1.54, 1.807) is 6.07 Å². The molecule has 2 amide bonds. The maximum absolute atomic E-state index is 13.3. The molecule has 1 saturated heterocycles. The summed E-state index contributed by atoms with van der Waals surface area (Å²) < 4.78 is 16.5. The minimum absolute atomic E-state index is 0.0486. The number of amides is 2. The molecule has 1 heterocycles. The van der Waals surface area contributed by atoms with Crippen molar-refractivity contribution in [1.82, 2.24) is 14.9 Å². The lowest BCUT2D eigenvalue weighted by atomic mass is 9.95. The summed E-state index contributed by atoms with van der Waals surface area (Å²) in [6.45, 7) is 3.42. The Balaban J connectivity index is 1.45. The van der Waals surface area contributed by atoms with Gasteiger partial charge < -0.3 is 10.2 Å². The number of hydrogen-bond donors (Lipinski definition) is 2. The number of piperidine rings is 1. The van der Waals surface area contributed by atoms with Gasteiger partial charge in [0, 0.05) is 37.2 Å². The molecule has 2 aliphatic rings. The number of rotatable bonds is 7. The van der Waals surface area contributed by atoms with Gasteiger partial charge in [0.25, 0.3) is 5.91 Å². The Kier molecular flexibility index (Phi) is 8.15. The average molecular weight is 470 g/mol. The summed E-state index contributed by atoms with van der Waals surface area (Å²) in [5.74, 6) is 0.165. The number of likely N-dealkylation sites (tertiary alicyclic amines) is 1. The molecule has 2 N–H and O–H groups in total. The van der Waals surface area contributed by atoms with Gasteiger partial charge in [-0.15, -0.1) is 0 Å². The summed E-state index contributed by atoms with van der Waals surface area (Å²) in [4.78, 5) is 27.8. The van der Waals surface area contributed by atoms with E-state index in [-0.39, 0.29) is 23.9 Å². The van der Waals surface area contributed by atoms with Crippen LogP contribution in [-0.4, -0.2) is 46.1 Å². The van der Waals surface area contributed by atoms with Crippen molar-refractivity contribution in [3.05, 3.63) is 42.0 Å². The van der Waals surface area contributed by atoms with Gasteiger partial charge >= 0.3 is 0 Å². The van der Waals surface area contributed by atoms with Gasteiger partial charge in [-0.25, -0.2) is 8.93 Å². The molecule has 6 nitrogen and oxygen atoms in total. The van der Waals surface area contributed by atoms with Crippen molar-refractivity contribution in [1.29, 1.82) is 0 Å². The number of fused-ring (bicyclic) bond motifs is 1. The molecule has 1 saturated carbocycles. The van der Waals surface area contributed by atoms with Crippen LogP contribution >= 0.6 is 0 Å². The van der Waals surface area contributed by atoms with Gasteiger partial charge in [0.05, 0.1) is 4.90 Å². The third-order valence-corrected chi connectivity index (χ3v) is 8.16. The minimum atomic E-state index is -1.39. The van der Waals surface area contributed by atoms with Gasteiger partial charge in [-0.2, -0.15) is 0 Å². The van der Waals surface area contributed by atoms with Crippen molar-refractivity contribution < 1.29 is 13.8 Å². The molecule has 1 atom stereocenters. The molecule has 1 unspecified atom stereocenters. The van der Waals surface area contributed by atoms with Crippen LogP contribution in [0.2, 0.25) is 0 Å². The first-order valence-electron chi connectivity index (χ1n) is 12.3. The van der Waals surface area contributed by atoms with Crippen LogP contribution in [0.3, 0.4) is 0 Å². The first-order chi connectivity index (χ1) is 16.1. The Bertz CT molecular complexity index is 1010. The van der Waals surface area contributed by atoms with Crippen LogP contribution in [0.25, 0.3) is 10.8 Å². The fourth-order valence-electron chi connectivity index (χ4n) is 4.97. The molecule has 0 aromatic heterocycles. The molecule has 1 aliphatic carbocycles. The van der Waals surface area contributed by atoms with E-state index in [0.717, 1.165) is 42.9 Å². The quantitative estimate of drug-likeness (QED) is 0.634. The summed E-state index contributed by atoms with van der Waals surface area (Å²) in [5.41, 5.74) is 0.639. The Morgan fingerprint density at radius 1 is 0.939 bits per heavy atom. The lowest BCUT2D eigenvalue weighted by Crippen LogP contribution is -2.45. The normalized spacial score (nSPS) is 18.9. The van der Waals surface area contributed by atoms with Gasteiger partial charge in [0.15, 0.2) is 0 Å². The Hall–Kier alpha value is -2.25. The second-order valence-corrected chi connectivity index (χ2v) is 10.5. The van der Waals surface area contributed by atoms with Crippen LogP contribution in [0.4, 0.5) is 0 Å². The van der Waals surface area contributed by atoms with Crippen LogP contribution in [0.5, 0.6) is 0 Å². The maximum Gasteiger partial charge on any atom is 0.252 e. The van der Waals surface area contributed by atoms with Gasteiger partial charge in [-0.05, 0) is 55.0 Å². The lowest BCUT2D eigenvalue weighted by Gasteiger charge is -2.32. The fourth-order valence-corrected chi connectivity index (χ4v) is 6.21. The van der Waals surface area contributed by atoms with E-state index >= 15 is 0 Å². The summed E-state index contributed by atoms with van der Waals surface area (Å²) in [7, 11) is -1.39. The van der Waals surface area contributed by atoms with Crippen LogP contribution in [0.15, 0.2) is 41.3 Å². The molecule has 7 heteroatoms. The molecular weight excluding hydrogens is 434 g/mol. The van der Waals surface area contributed by atoms with E-state index in [2.05, 4.69) is 10.0 Å². The summed E-state index contributed by atoms with van der Waals surface area (Å²) >= 11 is 0. The van der Waals surface area contributed by atoms with Gasteiger partial charge in [-0.3, -0.25) is 9.59 Å². The largest absolute Gasteiger partial charge is 0.349 e. The molecule has 0 bridgehead atoms. The molecule has 33 heavy (non-hydrogen) atoms. The highest BCUT2D eigenvalue weighted by atomic mass is 32.2. The monoisotopic (exact) mass is 469 g/mol. The highest BCUT2D eigenvalue weighted by Gasteiger charge is 2.25. The van der Waals surface area contributed by atoms with Crippen molar-refractivity contribution in [2.45, 2.75) is 81.7 Å². The second kappa shape index (κ2) is 11.3. The van der Waals surface area contributed by atoms with Crippen LogP contribution in [0, 0.1) is 0 Å². The average Bonchev–Trinajstić information content (AvgIpc) is 2.84. The molecule has 4 rings (SSSR count). The predicted molar refractivity (Wildman–Crippen MR) is 132 cm³/mol. The number of carbonyl (C=O) groups excluding carboxylic acids is 2. The summed E-state index contributed by atoms with van der Waals surface area (Å²) in [6.07, 6.45) is 8.71. The van der Waals surface area contributed by atoms with Crippen molar-refractivity contribution in [2.24, 2.45) is 0 Å².